The SMILES string of the molecule is CC1(C)OCC(CNCc2ccc(O)c(F)c2)O1. The third-order valence-corrected chi connectivity index (χ3v) is 2.78. The first kappa shape index (κ1) is 13.3. The predicted octanol–water partition coefficient (Wildman–Crippen LogP) is 1.77. The van der Waals surface area contributed by atoms with Gasteiger partial charge in [-0.2, -0.15) is 0 Å². The predicted molar refractivity (Wildman–Crippen MR) is 64.7 cm³/mol. The molecule has 4 nitrogen and oxygen atoms in total. The fraction of sp³-hybridized carbons (Fsp3) is 0.538. The molecule has 1 heterocycles. The maximum absolute atomic E-state index is 13.1. The van der Waals surface area contributed by atoms with Crippen molar-refractivity contribution in [1.82, 2.24) is 5.32 Å². The van der Waals surface area contributed by atoms with Gasteiger partial charge in [0.15, 0.2) is 17.4 Å². The van der Waals surface area contributed by atoms with Crippen LogP contribution >= 0.6 is 0 Å². The number of benzene rings is 1. The highest BCUT2D eigenvalue weighted by atomic mass is 19.1. The zero-order chi connectivity index (χ0) is 13.2. The minimum Gasteiger partial charge on any atom is -0.505 e. The number of halogens is 1. The van der Waals surface area contributed by atoms with Crippen molar-refractivity contribution in [2.45, 2.75) is 32.3 Å². The zero-order valence-electron chi connectivity index (χ0n) is 10.6. The summed E-state index contributed by atoms with van der Waals surface area (Å²) in [5, 5.41) is 12.2. The molecule has 0 aromatic heterocycles. The number of hydrogen-bond donors (Lipinski definition) is 2. The number of phenols is 1. The van der Waals surface area contributed by atoms with Gasteiger partial charge in [0.1, 0.15) is 0 Å². The van der Waals surface area contributed by atoms with Crippen LogP contribution in [-0.4, -0.2) is 30.1 Å². The maximum atomic E-state index is 13.1. The van der Waals surface area contributed by atoms with Gasteiger partial charge in [-0.15, -0.1) is 0 Å². The number of rotatable bonds is 4. The van der Waals surface area contributed by atoms with Gasteiger partial charge in [-0.05, 0) is 31.5 Å². The van der Waals surface area contributed by atoms with Crippen LogP contribution in [0.1, 0.15) is 19.4 Å². The van der Waals surface area contributed by atoms with Crippen LogP contribution in [0.25, 0.3) is 0 Å². The fourth-order valence-electron chi connectivity index (χ4n) is 1.90. The topological polar surface area (TPSA) is 50.7 Å². The Balaban J connectivity index is 1.77. The van der Waals surface area contributed by atoms with Crippen LogP contribution in [0.15, 0.2) is 18.2 Å². The van der Waals surface area contributed by atoms with E-state index in [0.717, 1.165) is 5.56 Å². The summed E-state index contributed by atoms with van der Waals surface area (Å²) < 4.78 is 24.2. The molecular weight excluding hydrogens is 237 g/mol. The first-order valence-corrected chi connectivity index (χ1v) is 5.96. The molecule has 1 aromatic carbocycles. The van der Waals surface area contributed by atoms with Gasteiger partial charge in [0.2, 0.25) is 0 Å². The third kappa shape index (κ3) is 3.41. The number of phenolic OH excluding ortho intramolecular Hbond substituents is 1. The molecule has 1 aliphatic rings. The summed E-state index contributed by atoms with van der Waals surface area (Å²) in [6.07, 6.45) is 0.0157. The Labute approximate surface area is 106 Å². The van der Waals surface area contributed by atoms with Crippen molar-refractivity contribution in [2.24, 2.45) is 0 Å². The average Bonchev–Trinajstić information content (AvgIpc) is 2.63. The quantitative estimate of drug-likeness (QED) is 0.861. The standard InChI is InChI=1S/C13H18FNO3/c1-13(2)17-8-10(18-13)7-15-6-9-3-4-12(16)11(14)5-9/h3-5,10,15-16H,6-8H2,1-2H3. The molecule has 1 aromatic rings. The smallest absolute Gasteiger partial charge is 0.165 e. The van der Waals surface area contributed by atoms with E-state index < -0.39 is 11.6 Å². The molecule has 0 bridgehead atoms. The lowest BCUT2D eigenvalue weighted by Gasteiger charge is -2.17. The first-order valence-electron chi connectivity index (χ1n) is 5.96. The number of ether oxygens (including phenoxy) is 2. The first-order chi connectivity index (χ1) is 8.46. The van der Waals surface area contributed by atoms with Gasteiger partial charge in [-0.1, -0.05) is 6.07 Å². The van der Waals surface area contributed by atoms with Crippen LogP contribution in [-0.2, 0) is 16.0 Å². The molecule has 18 heavy (non-hydrogen) atoms. The lowest BCUT2D eigenvalue weighted by atomic mass is 10.2. The van der Waals surface area contributed by atoms with Crippen molar-refractivity contribution < 1.29 is 19.0 Å². The molecule has 0 spiro atoms. The number of hydrogen-bond acceptors (Lipinski definition) is 4. The van der Waals surface area contributed by atoms with Gasteiger partial charge in [-0.25, -0.2) is 4.39 Å². The highest BCUT2D eigenvalue weighted by Crippen LogP contribution is 2.21. The Bertz CT molecular complexity index is 423. The van der Waals surface area contributed by atoms with Crippen molar-refractivity contribution >= 4 is 0 Å². The zero-order valence-corrected chi connectivity index (χ0v) is 10.6. The lowest BCUT2D eigenvalue weighted by Crippen LogP contribution is -2.30. The Morgan fingerprint density at radius 1 is 1.50 bits per heavy atom. The Morgan fingerprint density at radius 3 is 2.89 bits per heavy atom. The molecule has 0 radical (unpaired) electrons. The summed E-state index contributed by atoms with van der Waals surface area (Å²) in [6, 6.07) is 4.35. The second-order valence-electron chi connectivity index (χ2n) is 4.87. The minimum absolute atomic E-state index is 0.0157. The van der Waals surface area contributed by atoms with E-state index in [2.05, 4.69) is 5.32 Å². The maximum Gasteiger partial charge on any atom is 0.165 e. The van der Waals surface area contributed by atoms with Crippen molar-refractivity contribution in [3.05, 3.63) is 29.6 Å². The summed E-state index contributed by atoms with van der Waals surface area (Å²) in [7, 11) is 0. The van der Waals surface area contributed by atoms with E-state index in [1.807, 2.05) is 13.8 Å². The van der Waals surface area contributed by atoms with Crippen molar-refractivity contribution in [1.29, 1.82) is 0 Å². The van der Waals surface area contributed by atoms with E-state index >= 15 is 0 Å². The summed E-state index contributed by atoms with van der Waals surface area (Å²) in [5.74, 6) is -1.44. The van der Waals surface area contributed by atoms with Crippen LogP contribution in [0, 0.1) is 5.82 Å². The summed E-state index contributed by atoms with van der Waals surface area (Å²) >= 11 is 0. The molecule has 1 atom stereocenters. The summed E-state index contributed by atoms with van der Waals surface area (Å²) in [5.41, 5.74) is 0.781. The van der Waals surface area contributed by atoms with Gasteiger partial charge in [0.25, 0.3) is 0 Å². The van der Waals surface area contributed by atoms with Crippen LogP contribution in [0.2, 0.25) is 0 Å². The lowest BCUT2D eigenvalue weighted by molar-refractivity contribution is -0.137. The molecular formula is C13H18FNO3. The number of aromatic hydroxyl groups is 1. The Hall–Kier alpha value is -1.17. The van der Waals surface area contributed by atoms with Gasteiger partial charge in [0.05, 0.1) is 12.7 Å². The highest BCUT2D eigenvalue weighted by molar-refractivity contribution is 5.27. The van der Waals surface area contributed by atoms with E-state index in [-0.39, 0.29) is 11.9 Å². The third-order valence-electron chi connectivity index (χ3n) is 2.78. The molecule has 1 saturated heterocycles. The molecule has 1 aliphatic heterocycles. The van der Waals surface area contributed by atoms with Gasteiger partial charge >= 0.3 is 0 Å². The molecule has 5 heteroatoms. The van der Waals surface area contributed by atoms with Crippen molar-refractivity contribution in [3.8, 4) is 5.75 Å². The largest absolute Gasteiger partial charge is 0.505 e. The van der Waals surface area contributed by atoms with Crippen LogP contribution < -0.4 is 5.32 Å². The van der Waals surface area contributed by atoms with E-state index in [1.54, 1.807) is 6.07 Å². The second kappa shape index (κ2) is 5.22. The van der Waals surface area contributed by atoms with Crippen molar-refractivity contribution in [3.63, 3.8) is 0 Å². The molecule has 0 aliphatic carbocycles. The van der Waals surface area contributed by atoms with E-state index in [0.29, 0.717) is 19.7 Å². The fourth-order valence-corrected chi connectivity index (χ4v) is 1.90. The summed E-state index contributed by atoms with van der Waals surface area (Å²) in [4.78, 5) is 0. The van der Waals surface area contributed by atoms with Crippen LogP contribution in [0.4, 0.5) is 4.39 Å². The Kier molecular flexibility index (Phi) is 3.85. The van der Waals surface area contributed by atoms with Gasteiger partial charge < -0.3 is 19.9 Å². The molecule has 100 valence electrons. The normalized spacial score (nSPS) is 22.3. The van der Waals surface area contributed by atoms with E-state index in [1.165, 1.54) is 12.1 Å². The van der Waals surface area contributed by atoms with E-state index in [9.17, 15) is 4.39 Å². The minimum atomic E-state index is -0.601. The number of nitrogens with one attached hydrogen (secondary N) is 1. The molecule has 2 N–H and O–H groups in total. The molecule has 1 unspecified atom stereocenters. The molecule has 2 rings (SSSR count). The average molecular weight is 255 g/mol. The molecule has 0 amide bonds. The Morgan fingerprint density at radius 2 is 2.28 bits per heavy atom. The molecule has 1 fully saturated rings. The van der Waals surface area contributed by atoms with Crippen LogP contribution in [0.3, 0.4) is 0 Å². The van der Waals surface area contributed by atoms with Gasteiger partial charge in [0, 0.05) is 13.1 Å². The van der Waals surface area contributed by atoms with Gasteiger partial charge in [-0.3, -0.25) is 0 Å². The molecule has 0 saturated carbocycles. The summed E-state index contributed by atoms with van der Waals surface area (Å²) in [6.45, 7) is 5.48. The second-order valence-corrected chi connectivity index (χ2v) is 4.87. The van der Waals surface area contributed by atoms with Crippen LogP contribution in [0.5, 0.6) is 5.75 Å². The highest BCUT2D eigenvalue weighted by Gasteiger charge is 2.32. The monoisotopic (exact) mass is 255 g/mol. The van der Waals surface area contributed by atoms with E-state index in [4.69, 9.17) is 14.6 Å². The van der Waals surface area contributed by atoms with Crippen molar-refractivity contribution in [2.75, 3.05) is 13.2 Å².